The van der Waals surface area contributed by atoms with Crippen molar-refractivity contribution < 1.29 is 18.3 Å². The molecule has 0 saturated carbocycles. The van der Waals surface area contributed by atoms with Crippen LogP contribution in [0, 0.1) is 12.3 Å². The van der Waals surface area contributed by atoms with Gasteiger partial charge in [-0.05, 0) is 25.3 Å². The lowest BCUT2D eigenvalue weighted by atomic mass is 9.81. The first-order chi connectivity index (χ1) is 8.33. The molecule has 1 saturated heterocycles. The van der Waals surface area contributed by atoms with Gasteiger partial charge in [0.25, 0.3) is 0 Å². The average Bonchev–Trinajstić information content (AvgIpc) is 2.59. The summed E-state index contributed by atoms with van der Waals surface area (Å²) in [6.07, 6.45) is 0.486. The Kier molecular flexibility index (Phi) is 3.19. The molecule has 0 spiro atoms. The molecule has 1 aromatic rings. The molecular weight excluding hydrogens is 252 g/mol. The van der Waals surface area contributed by atoms with Gasteiger partial charge in [0.2, 0.25) is 0 Å². The third kappa shape index (κ3) is 2.56. The summed E-state index contributed by atoms with van der Waals surface area (Å²) in [7, 11) is -3.21. The van der Waals surface area contributed by atoms with E-state index in [-0.39, 0.29) is 24.3 Å². The van der Waals surface area contributed by atoms with E-state index < -0.39 is 21.2 Å². The SMILES string of the molecule is Cc1ccc(CC2(C(=O)O)CCS(=O)(=O)C2)cc1. The number of carboxylic acid groups (broad SMARTS) is 1. The molecular formula is C13H16O4S. The standard InChI is InChI=1S/C13H16O4S/c1-10-2-4-11(5-3-10)8-13(12(14)15)6-7-18(16,17)9-13/h2-5H,6-9H2,1H3,(H,14,15). The van der Waals surface area contributed by atoms with Crippen LogP contribution in [-0.2, 0) is 21.1 Å². The lowest BCUT2D eigenvalue weighted by molar-refractivity contribution is -0.147. The molecule has 2 rings (SSSR count). The Morgan fingerprint density at radius 3 is 2.39 bits per heavy atom. The van der Waals surface area contributed by atoms with E-state index in [1.165, 1.54) is 0 Å². The molecule has 4 nitrogen and oxygen atoms in total. The summed E-state index contributed by atoms with van der Waals surface area (Å²) in [5.74, 6) is -1.28. The fraction of sp³-hybridized carbons (Fsp3) is 0.462. The van der Waals surface area contributed by atoms with E-state index in [4.69, 9.17) is 0 Å². The van der Waals surface area contributed by atoms with Crippen molar-refractivity contribution in [1.82, 2.24) is 0 Å². The average molecular weight is 268 g/mol. The van der Waals surface area contributed by atoms with Gasteiger partial charge >= 0.3 is 5.97 Å². The molecule has 1 aliphatic rings. The zero-order valence-electron chi connectivity index (χ0n) is 10.2. The summed E-state index contributed by atoms with van der Waals surface area (Å²) in [5, 5.41) is 9.35. The van der Waals surface area contributed by atoms with Crippen LogP contribution in [-0.4, -0.2) is 31.0 Å². The Morgan fingerprint density at radius 1 is 1.33 bits per heavy atom. The molecule has 0 aromatic heterocycles. The van der Waals surface area contributed by atoms with Crippen LogP contribution in [0.3, 0.4) is 0 Å². The van der Waals surface area contributed by atoms with Gasteiger partial charge in [-0.25, -0.2) is 8.42 Å². The first-order valence-electron chi connectivity index (χ1n) is 5.82. The molecule has 0 aliphatic carbocycles. The fourth-order valence-electron chi connectivity index (χ4n) is 2.40. The van der Waals surface area contributed by atoms with Crippen molar-refractivity contribution in [2.24, 2.45) is 5.41 Å². The zero-order chi connectivity index (χ0) is 13.4. The van der Waals surface area contributed by atoms with Gasteiger partial charge in [0.15, 0.2) is 9.84 Å². The molecule has 1 fully saturated rings. The van der Waals surface area contributed by atoms with Gasteiger partial charge in [-0.2, -0.15) is 0 Å². The molecule has 1 N–H and O–H groups in total. The van der Waals surface area contributed by atoms with Crippen LogP contribution in [0.4, 0.5) is 0 Å². The second-order valence-corrected chi connectivity index (χ2v) is 7.27. The normalized spacial score (nSPS) is 26.1. The highest BCUT2D eigenvalue weighted by atomic mass is 32.2. The quantitative estimate of drug-likeness (QED) is 0.900. The van der Waals surface area contributed by atoms with E-state index in [0.717, 1.165) is 11.1 Å². The van der Waals surface area contributed by atoms with E-state index in [0.29, 0.717) is 0 Å². The Bertz CT molecular complexity index is 559. The van der Waals surface area contributed by atoms with Gasteiger partial charge < -0.3 is 5.11 Å². The number of aryl methyl sites for hydroxylation is 1. The lowest BCUT2D eigenvalue weighted by Gasteiger charge is -2.22. The van der Waals surface area contributed by atoms with Crippen molar-refractivity contribution in [3.8, 4) is 0 Å². The lowest BCUT2D eigenvalue weighted by Crippen LogP contribution is -2.34. The predicted octanol–water partition coefficient (Wildman–Crippen LogP) is 1.43. The number of hydrogen-bond donors (Lipinski definition) is 1. The fourth-order valence-corrected chi connectivity index (χ4v) is 4.45. The highest BCUT2D eigenvalue weighted by Crippen LogP contribution is 2.36. The van der Waals surface area contributed by atoms with Crippen LogP contribution in [0.25, 0.3) is 0 Å². The molecule has 0 bridgehead atoms. The minimum atomic E-state index is -3.21. The van der Waals surface area contributed by atoms with E-state index in [9.17, 15) is 18.3 Å². The van der Waals surface area contributed by atoms with Crippen molar-refractivity contribution in [3.63, 3.8) is 0 Å². The molecule has 5 heteroatoms. The first-order valence-corrected chi connectivity index (χ1v) is 7.65. The number of sulfone groups is 1. The van der Waals surface area contributed by atoms with Gasteiger partial charge in [0.05, 0.1) is 16.9 Å². The highest BCUT2D eigenvalue weighted by Gasteiger charge is 2.48. The summed E-state index contributed by atoms with van der Waals surface area (Å²) in [5.41, 5.74) is 0.830. The molecule has 0 radical (unpaired) electrons. The summed E-state index contributed by atoms with van der Waals surface area (Å²) < 4.78 is 23.1. The number of aliphatic carboxylic acids is 1. The van der Waals surface area contributed by atoms with Gasteiger partial charge in [0, 0.05) is 0 Å². The van der Waals surface area contributed by atoms with E-state index in [2.05, 4.69) is 0 Å². The molecule has 1 unspecified atom stereocenters. The zero-order valence-corrected chi connectivity index (χ0v) is 11.0. The smallest absolute Gasteiger partial charge is 0.311 e. The minimum Gasteiger partial charge on any atom is -0.481 e. The van der Waals surface area contributed by atoms with Crippen LogP contribution >= 0.6 is 0 Å². The molecule has 98 valence electrons. The maximum atomic E-state index is 11.5. The second-order valence-electron chi connectivity index (χ2n) is 5.09. The Morgan fingerprint density at radius 2 is 1.94 bits per heavy atom. The van der Waals surface area contributed by atoms with Crippen LogP contribution < -0.4 is 0 Å². The number of rotatable bonds is 3. The maximum Gasteiger partial charge on any atom is 0.311 e. The van der Waals surface area contributed by atoms with Crippen molar-refractivity contribution in [3.05, 3.63) is 35.4 Å². The number of benzene rings is 1. The topological polar surface area (TPSA) is 71.4 Å². The van der Waals surface area contributed by atoms with E-state index >= 15 is 0 Å². The second kappa shape index (κ2) is 4.39. The maximum absolute atomic E-state index is 11.5. The Labute approximate surface area is 107 Å². The van der Waals surface area contributed by atoms with Crippen molar-refractivity contribution in [2.75, 3.05) is 11.5 Å². The summed E-state index contributed by atoms with van der Waals surface area (Å²) in [6.45, 7) is 1.96. The number of carboxylic acids is 1. The monoisotopic (exact) mass is 268 g/mol. The Hall–Kier alpha value is -1.36. The molecule has 1 atom stereocenters. The summed E-state index contributed by atoms with van der Waals surface area (Å²) >= 11 is 0. The van der Waals surface area contributed by atoms with Gasteiger partial charge in [0.1, 0.15) is 0 Å². The number of carbonyl (C=O) groups is 1. The molecule has 1 aliphatic heterocycles. The molecule has 0 amide bonds. The molecule has 1 heterocycles. The first kappa shape index (κ1) is 13.1. The van der Waals surface area contributed by atoms with Gasteiger partial charge in [-0.1, -0.05) is 29.8 Å². The number of hydrogen-bond acceptors (Lipinski definition) is 3. The van der Waals surface area contributed by atoms with Crippen LogP contribution in [0.2, 0.25) is 0 Å². The Balaban J connectivity index is 2.28. The summed E-state index contributed by atoms with van der Waals surface area (Å²) in [4.78, 5) is 11.4. The van der Waals surface area contributed by atoms with Crippen LogP contribution in [0.1, 0.15) is 17.5 Å². The van der Waals surface area contributed by atoms with Gasteiger partial charge in [-0.15, -0.1) is 0 Å². The highest BCUT2D eigenvalue weighted by molar-refractivity contribution is 7.91. The molecule has 1 aromatic carbocycles. The third-order valence-corrected chi connectivity index (χ3v) is 5.32. The largest absolute Gasteiger partial charge is 0.481 e. The molecule has 18 heavy (non-hydrogen) atoms. The van der Waals surface area contributed by atoms with Crippen LogP contribution in [0.15, 0.2) is 24.3 Å². The van der Waals surface area contributed by atoms with Gasteiger partial charge in [-0.3, -0.25) is 4.79 Å². The van der Waals surface area contributed by atoms with E-state index in [1.54, 1.807) is 0 Å². The summed E-state index contributed by atoms with van der Waals surface area (Å²) in [6, 6.07) is 7.55. The van der Waals surface area contributed by atoms with Crippen LogP contribution in [0.5, 0.6) is 0 Å². The van der Waals surface area contributed by atoms with Crippen molar-refractivity contribution in [1.29, 1.82) is 0 Å². The van der Waals surface area contributed by atoms with E-state index in [1.807, 2.05) is 31.2 Å². The predicted molar refractivity (Wildman–Crippen MR) is 68.2 cm³/mol. The van der Waals surface area contributed by atoms with Crippen molar-refractivity contribution >= 4 is 15.8 Å². The third-order valence-electron chi connectivity index (χ3n) is 3.50. The van der Waals surface area contributed by atoms with Crippen molar-refractivity contribution in [2.45, 2.75) is 19.8 Å². The minimum absolute atomic E-state index is 0.0227.